The number of piperidine rings is 2. The average molecular weight is 595 g/mol. The van der Waals surface area contributed by atoms with E-state index in [1.807, 2.05) is 0 Å². The second-order valence-electron chi connectivity index (χ2n) is 13.6. The molecule has 3 aliphatic rings. The first-order chi connectivity index (χ1) is 19.9. The van der Waals surface area contributed by atoms with Gasteiger partial charge in [0.1, 0.15) is 17.9 Å². The Kier molecular flexibility index (Phi) is 8.71. The number of hydrogen-bond acceptors (Lipinski definition) is 8. The van der Waals surface area contributed by atoms with E-state index >= 15 is 0 Å². The Morgan fingerprint density at radius 1 is 1.14 bits per heavy atom. The number of nitriles is 1. The van der Waals surface area contributed by atoms with Crippen LogP contribution in [0.5, 0.6) is 5.75 Å². The number of nitrogens with one attached hydrogen (secondary N) is 1. The summed E-state index contributed by atoms with van der Waals surface area (Å²) in [5.41, 5.74) is 0.135. The van der Waals surface area contributed by atoms with E-state index in [2.05, 4.69) is 65.8 Å². The number of aromatic nitrogens is 2. The van der Waals surface area contributed by atoms with Crippen molar-refractivity contribution in [3.05, 3.63) is 46.7 Å². The molecule has 9 nitrogen and oxygen atoms in total. The molecule has 0 spiro atoms. The van der Waals surface area contributed by atoms with Gasteiger partial charge >= 0.3 is 0 Å². The third kappa shape index (κ3) is 6.08. The second-order valence-corrected chi connectivity index (χ2v) is 14.0. The highest BCUT2D eigenvalue weighted by Crippen LogP contribution is 2.55. The van der Waals surface area contributed by atoms with Crippen LogP contribution in [0.2, 0.25) is 5.02 Å². The van der Waals surface area contributed by atoms with Gasteiger partial charge in [-0.15, -0.1) is 0 Å². The number of aliphatic hydroxyl groups excluding tert-OH is 1. The topological polar surface area (TPSA) is 115 Å². The van der Waals surface area contributed by atoms with Crippen molar-refractivity contribution in [3.8, 4) is 11.8 Å². The third-order valence-corrected chi connectivity index (χ3v) is 10.1. The molecule has 1 aliphatic carbocycles. The van der Waals surface area contributed by atoms with Crippen LogP contribution < -0.4 is 15.0 Å². The van der Waals surface area contributed by atoms with E-state index in [4.69, 9.17) is 21.6 Å². The highest BCUT2D eigenvalue weighted by Gasteiger charge is 2.64. The van der Waals surface area contributed by atoms with Crippen molar-refractivity contribution in [3.63, 3.8) is 0 Å². The maximum atomic E-state index is 13.3. The molecule has 3 fully saturated rings. The lowest BCUT2D eigenvalue weighted by Gasteiger charge is -2.63. The molecule has 1 saturated carbocycles. The molecule has 1 amide bonds. The maximum absolute atomic E-state index is 13.3. The van der Waals surface area contributed by atoms with E-state index in [0.29, 0.717) is 39.7 Å². The van der Waals surface area contributed by atoms with Crippen molar-refractivity contribution >= 4 is 23.5 Å². The number of likely N-dealkylation sites (tertiary alicyclic amines) is 1. The van der Waals surface area contributed by atoms with Crippen molar-refractivity contribution in [2.24, 2.45) is 22.7 Å². The van der Waals surface area contributed by atoms with Gasteiger partial charge in [0, 0.05) is 68.1 Å². The SMILES string of the molecule is C[C@H]1CN(c2ncc(C(=O)NC3C(C)(C)C(Oc4ccc(C#N)c(Cl)c4)C3(C)C)cn2)CC[C@@H]1CN1CCC(O)CC1. The van der Waals surface area contributed by atoms with E-state index in [-0.39, 0.29) is 35.0 Å². The lowest BCUT2D eigenvalue weighted by atomic mass is 9.49. The van der Waals surface area contributed by atoms with E-state index in [1.54, 1.807) is 30.6 Å². The fourth-order valence-electron chi connectivity index (χ4n) is 7.49. The Labute approximate surface area is 254 Å². The van der Waals surface area contributed by atoms with Crippen molar-refractivity contribution in [2.75, 3.05) is 37.6 Å². The number of halogens is 1. The number of benzene rings is 1. The van der Waals surface area contributed by atoms with Crippen LogP contribution in [0, 0.1) is 34.0 Å². The molecule has 1 aromatic heterocycles. The molecule has 10 heteroatoms. The summed E-state index contributed by atoms with van der Waals surface area (Å²) in [6.07, 6.45) is 5.76. The van der Waals surface area contributed by atoms with Crippen molar-refractivity contribution in [1.82, 2.24) is 20.2 Å². The van der Waals surface area contributed by atoms with Crippen molar-refractivity contribution < 1.29 is 14.6 Å². The minimum absolute atomic E-state index is 0.138. The molecule has 2 atom stereocenters. The molecular formula is C32H43ClN6O3. The Morgan fingerprint density at radius 2 is 1.81 bits per heavy atom. The van der Waals surface area contributed by atoms with Gasteiger partial charge in [0.05, 0.1) is 22.3 Å². The summed E-state index contributed by atoms with van der Waals surface area (Å²) >= 11 is 6.21. The molecule has 226 valence electrons. The van der Waals surface area contributed by atoms with Gasteiger partial charge in [-0.2, -0.15) is 5.26 Å². The summed E-state index contributed by atoms with van der Waals surface area (Å²) in [6.45, 7) is 15.5. The van der Waals surface area contributed by atoms with Crippen molar-refractivity contribution in [2.45, 2.75) is 72.1 Å². The van der Waals surface area contributed by atoms with Crippen LogP contribution in [-0.2, 0) is 0 Å². The number of amides is 1. The first-order valence-corrected chi connectivity index (χ1v) is 15.4. The van der Waals surface area contributed by atoms with E-state index < -0.39 is 0 Å². The maximum Gasteiger partial charge on any atom is 0.254 e. The van der Waals surface area contributed by atoms with Crippen LogP contribution in [0.3, 0.4) is 0 Å². The largest absolute Gasteiger partial charge is 0.489 e. The molecule has 0 unspecified atom stereocenters. The van der Waals surface area contributed by atoms with Gasteiger partial charge in [0.15, 0.2) is 0 Å². The van der Waals surface area contributed by atoms with Crippen LogP contribution in [0.4, 0.5) is 5.95 Å². The predicted molar refractivity (Wildman–Crippen MR) is 163 cm³/mol. The van der Waals surface area contributed by atoms with Crippen LogP contribution in [0.1, 0.15) is 69.8 Å². The van der Waals surface area contributed by atoms with Gasteiger partial charge in [-0.3, -0.25) is 4.79 Å². The molecule has 5 rings (SSSR count). The van der Waals surface area contributed by atoms with Crippen molar-refractivity contribution in [1.29, 1.82) is 5.26 Å². The summed E-state index contributed by atoms with van der Waals surface area (Å²) in [5.74, 6) is 2.19. The lowest BCUT2D eigenvalue weighted by Crippen LogP contribution is -2.74. The van der Waals surface area contributed by atoms with Gasteiger partial charge in [0.2, 0.25) is 5.95 Å². The fourth-order valence-corrected chi connectivity index (χ4v) is 7.71. The molecule has 0 bridgehead atoms. The number of hydrogen-bond donors (Lipinski definition) is 2. The Bertz CT molecular complexity index is 1300. The van der Waals surface area contributed by atoms with Crippen LogP contribution >= 0.6 is 11.6 Å². The quantitative estimate of drug-likeness (QED) is 0.480. The molecule has 2 N–H and O–H groups in total. The molecule has 2 saturated heterocycles. The summed E-state index contributed by atoms with van der Waals surface area (Å²) in [7, 11) is 0. The van der Waals surface area contributed by atoms with Gasteiger partial charge < -0.3 is 25.0 Å². The zero-order valence-electron chi connectivity index (χ0n) is 25.3. The highest BCUT2D eigenvalue weighted by atomic mass is 35.5. The molecule has 2 aromatic rings. The monoisotopic (exact) mass is 594 g/mol. The summed E-state index contributed by atoms with van der Waals surface area (Å²) in [6, 6.07) is 7.01. The van der Waals surface area contributed by atoms with Crippen LogP contribution in [-0.4, -0.2) is 76.9 Å². The van der Waals surface area contributed by atoms with Gasteiger partial charge in [-0.25, -0.2) is 9.97 Å². The number of nitrogens with zero attached hydrogens (tertiary/aromatic N) is 5. The van der Waals surface area contributed by atoms with Crippen LogP contribution in [0.25, 0.3) is 0 Å². The Balaban J connectivity index is 1.16. The molecule has 42 heavy (non-hydrogen) atoms. The summed E-state index contributed by atoms with van der Waals surface area (Å²) in [4.78, 5) is 27.2. The smallest absolute Gasteiger partial charge is 0.254 e. The minimum Gasteiger partial charge on any atom is -0.489 e. The lowest BCUT2D eigenvalue weighted by molar-refractivity contribution is -0.164. The van der Waals surface area contributed by atoms with Gasteiger partial charge in [0.25, 0.3) is 5.91 Å². The number of ether oxygens (including phenoxy) is 1. The molecule has 2 aliphatic heterocycles. The zero-order valence-corrected chi connectivity index (χ0v) is 26.1. The van der Waals surface area contributed by atoms with E-state index in [9.17, 15) is 9.90 Å². The number of carbonyl (C=O) groups excluding carboxylic acids is 1. The summed E-state index contributed by atoms with van der Waals surface area (Å²) < 4.78 is 6.34. The second kappa shape index (κ2) is 12.0. The number of carbonyl (C=O) groups is 1. The molecule has 0 radical (unpaired) electrons. The number of rotatable bonds is 7. The van der Waals surface area contributed by atoms with Gasteiger partial charge in [-0.1, -0.05) is 46.2 Å². The van der Waals surface area contributed by atoms with E-state index in [0.717, 1.165) is 52.0 Å². The number of anilines is 1. The predicted octanol–water partition coefficient (Wildman–Crippen LogP) is 4.53. The normalized spacial score (nSPS) is 27.5. The first-order valence-electron chi connectivity index (χ1n) is 15.0. The standard InChI is InChI=1S/C32H43ClN6O3/c1-20-18-39(13-8-22(20)19-38-11-9-24(40)10-12-38)30-35-16-23(17-36-30)27(41)37-28-31(2,3)29(32(28,4)5)42-25-7-6-21(15-34)26(33)14-25/h6-7,14,16-17,20,22,24,28-29,40H,8-13,18-19H2,1-5H3,(H,37,41)/t20-,22+,28?,29?/m0/s1. The molecular weight excluding hydrogens is 552 g/mol. The summed E-state index contributed by atoms with van der Waals surface area (Å²) in [5, 5.41) is 22.5. The minimum atomic E-state index is -0.352. The number of aliphatic hydroxyl groups is 1. The zero-order chi connectivity index (χ0) is 30.2. The molecule has 3 heterocycles. The Morgan fingerprint density at radius 3 is 2.40 bits per heavy atom. The average Bonchev–Trinajstić information content (AvgIpc) is 2.96. The molecule has 1 aromatic carbocycles. The van der Waals surface area contributed by atoms with Gasteiger partial charge in [-0.05, 0) is 43.2 Å². The van der Waals surface area contributed by atoms with Crippen LogP contribution in [0.15, 0.2) is 30.6 Å². The van der Waals surface area contributed by atoms with E-state index in [1.165, 1.54) is 0 Å². The first kappa shape index (κ1) is 30.5. The third-order valence-electron chi connectivity index (χ3n) is 9.75. The fraction of sp³-hybridized carbons (Fsp3) is 0.625. The highest BCUT2D eigenvalue weighted by molar-refractivity contribution is 6.31. The Hall–Kier alpha value is -2.93.